The van der Waals surface area contributed by atoms with Crippen LogP contribution in [0.4, 0.5) is 0 Å². The van der Waals surface area contributed by atoms with Crippen LogP contribution in [0, 0.1) is 0 Å². The summed E-state index contributed by atoms with van der Waals surface area (Å²) in [6.45, 7) is 2.04. The van der Waals surface area contributed by atoms with Crippen molar-refractivity contribution in [1.29, 1.82) is 0 Å². The first kappa shape index (κ1) is 11.0. The van der Waals surface area contributed by atoms with E-state index >= 15 is 0 Å². The van der Waals surface area contributed by atoms with Crippen LogP contribution in [0.3, 0.4) is 0 Å². The standard InChI is InChI=1S/C9H8BrN3S2/c1-2-7-12-6(10)5-8(13-7)15-9-11-3-4-14-9/h3-5H,2H2,1H3. The van der Waals surface area contributed by atoms with E-state index in [0.29, 0.717) is 0 Å². The average Bonchev–Trinajstić information content (AvgIpc) is 2.69. The number of hydrogen-bond donors (Lipinski definition) is 0. The monoisotopic (exact) mass is 301 g/mol. The highest BCUT2D eigenvalue weighted by atomic mass is 79.9. The normalized spacial score (nSPS) is 10.5. The molecule has 15 heavy (non-hydrogen) atoms. The molecule has 2 aromatic rings. The van der Waals surface area contributed by atoms with Gasteiger partial charge in [-0.05, 0) is 27.7 Å². The first-order valence-corrected chi connectivity index (χ1v) is 6.87. The lowest BCUT2D eigenvalue weighted by molar-refractivity contribution is 0.876. The Bertz CT molecular complexity index is 445. The Balaban J connectivity index is 2.24. The number of aryl methyl sites for hydroxylation is 1. The molecule has 78 valence electrons. The van der Waals surface area contributed by atoms with E-state index in [0.717, 1.165) is 26.2 Å². The predicted molar refractivity (Wildman–Crippen MR) is 65.3 cm³/mol. The van der Waals surface area contributed by atoms with Gasteiger partial charge in [0.25, 0.3) is 0 Å². The lowest BCUT2D eigenvalue weighted by Crippen LogP contribution is -1.94. The van der Waals surface area contributed by atoms with Gasteiger partial charge in [0, 0.05) is 24.1 Å². The summed E-state index contributed by atoms with van der Waals surface area (Å²) in [6, 6.07) is 1.91. The van der Waals surface area contributed by atoms with Gasteiger partial charge in [-0.1, -0.05) is 6.92 Å². The van der Waals surface area contributed by atoms with Crippen LogP contribution >= 0.6 is 39.0 Å². The lowest BCUT2D eigenvalue weighted by atomic mass is 10.4. The van der Waals surface area contributed by atoms with Gasteiger partial charge in [0.05, 0.1) is 0 Å². The van der Waals surface area contributed by atoms with Crippen LogP contribution in [0.2, 0.25) is 0 Å². The maximum Gasteiger partial charge on any atom is 0.156 e. The van der Waals surface area contributed by atoms with Gasteiger partial charge < -0.3 is 0 Å². The van der Waals surface area contributed by atoms with E-state index in [9.17, 15) is 0 Å². The maximum absolute atomic E-state index is 4.42. The molecule has 2 aromatic heterocycles. The molecule has 0 aliphatic rings. The highest BCUT2D eigenvalue weighted by Gasteiger charge is 2.05. The second-order valence-corrected chi connectivity index (χ2v) is 5.67. The van der Waals surface area contributed by atoms with Gasteiger partial charge in [-0.2, -0.15) is 0 Å². The fraction of sp³-hybridized carbons (Fsp3) is 0.222. The van der Waals surface area contributed by atoms with Gasteiger partial charge in [-0.3, -0.25) is 0 Å². The Morgan fingerprint density at radius 2 is 2.33 bits per heavy atom. The molecule has 2 rings (SSSR count). The molecule has 0 saturated heterocycles. The molecule has 0 bridgehead atoms. The molecular weight excluding hydrogens is 294 g/mol. The van der Waals surface area contributed by atoms with E-state index in [1.165, 1.54) is 0 Å². The van der Waals surface area contributed by atoms with E-state index in [-0.39, 0.29) is 0 Å². The molecule has 0 aliphatic carbocycles. The fourth-order valence-corrected chi connectivity index (χ4v) is 3.16. The zero-order valence-corrected chi connectivity index (χ0v) is 11.2. The summed E-state index contributed by atoms with van der Waals surface area (Å²) in [5, 5.41) is 2.89. The van der Waals surface area contributed by atoms with Crippen molar-refractivity contribution in [3.63, 3.8) is 0 Å². The molecule has 0 spiro atoms. The minimum absolute atomic E-state index is 0.827. The molecule has 0 radical (unpaired) electrons. The lowest BCUT2D eigenvalue weighted by Gasteiger charge is -2.01. The zero-order chi connectivity index (χ0) is 10.7. The molecule has 0 saturated carbocycles. The van der Waals surface area contributed by atoms with Crippen LogP contribution in [0.25, 0.3) is 0 Å². The van der Waals surface area contributed by atoms with Crippen LogP contribution in [0.15, 0.2) is 31.6 Å². The molecule has 3 nitrogen and oxygen atoms in total. The minimum Gasteiger partial charge on any atom is -0.238 e. The molecule has 0 aromatic carbocycles. The Morgan fingerprint density at radius 1 is 1.47 bits per heavy atom. The van der Waals surface area contributed by atoms with E-state index < -0.39 is 0 Å². The molecular formula is C9H8BrN3S2. The predicted octanol–water partition coefficient (Wildman–Crippen LogP) is 3.41. The third kappa shape index (κ3) is 2.99. The van der Waals surface area contributed by atoms with Crippen molar-refractivity contribution < 1.29 is 0 Å². The quantitative estimate of drug-likeness (QED) is 0.815. The van der Waals surface area contributed by atoms with Crippen molar-refractivity contribution in [3.05, 3.63) is 28.1 Å². The molecule has 0 N–H and O–H groups in total. The molecule has 0 fully saturated rings. The van der Waals surface area contributed by atoms with Crippen LogP contribution in [-0.2, 0) is 6.42 Å². The van der Waals surface area contributed by atoms with Crippen LogP contribution < -0.4 is 0 Å². The van der Waals surface area contributed by atoms with Crippen molar-refractivity contribution in [2.45, 2.75) is 22.7 Å². The average molecular weight is 302 g/mol. The summed E-state index contributed by atoms with van der Waals surface area (Å²) < 4.78 is 1.83. The second-order valence-electron chi connectivity index (χ2n) is 2.70. The molecule has 2 heterocycles. The molecule has 0 atom stereocenters. The van der Waals surface area contributed by atoms with Crippen LogP contribution in [-0.4, -0.2) is 15.0 Å². The van der Waals surface area contributed by atoms with Crippen molar-refractivity contribution in [2.24, 2.45) is 0 Å². The number of thiazole rings is 1. The van der Waals surface area contributed by atoms with Gasteiger partial charge in [0.1, 0.15) is 15.5 Å². The van der Waals surface area contributed by atoms with Gasteiger partial charge >= 0.3 is 0 Å². The SMILES string of the molecule is CCc1nc(Br)cc(Sc2nccs2)n1. The Labute approximate surface area is 105 Å². The summed E-state index contributed by atoms with van der Waals surface area (Å²) in [5.74, 6) is 0.850. The van der Waals surface area contributed by atoms with Crippen LogP contribution in [0.1, 0.15) is 12.7 Å². The second kappa shape index (κ2) is 5.05. The topological polar surface area (TPSA) is 38.7 Å². The summed E-state index contributed by atoms with van der Waals surface area (Å²) >= 11 is 6.55. The molecule has 6 heteroatoms. The van der Waals surface area contributed by atoms with Crippen molar-refractivity contribution >= 4 is 39.0 Å². The van der Waals surface area contributed by atoms with Crippen molar-refractivity contribution in [1.82, 2.24) is 15.0 Å². The number of nitrogens with zero attached hydrogens (tertiary/aromatic N) is 3. The third-order valence-corrected chi connectivity index (χ3v) is 3.84. The smallest absolute Gasteiger partial charge is 0.156 e. The first-order chi connectivity index (χ1) is 7.28. The molecule has 0 unspecified atom stereocenters. The summed E-state index contributed by atoms with van der Waals surface area (Å²) in [4.78, 5) is 12.9. The Morgan fingerprint density at radius 3 is 3.00 bits per heavy atom. The maximum atomic E-state index is 4.42. The zero-order valence-electron chi connectivity index (χ0n) is 7.98. The fourth-order valence-electron chi connectivity index (χ4n) is 1.00. The van der Waals surface area contributed by atoms with E-state index in [1.54, 1.807) is 29.3 Å². The highest BCUT2D eigenvalue weighted by Crippen LogP contribution is 2.28. The number of hydrogen-bond acceptors (Lipinski definition) is 5. The summed E-state index contributed by atoms with van der Waals surface area (Å²) in [5.41, 5.74) is 0. The molecule has 0 aliphatic heterocycles. The Hall–Kier alpha value is -0.460. The van der Waals surface area contributed by atoms with Crippen molar-refractivity contribution in [3.8, 4) is 0 Å². The largest absolute Gasteiger partial charge is 0.238 e. The van der Waals surface area contributed by atoms with E-state index in [2.05, 4.69) is 30.9 Å². The van der Waals surface area contributed by atoms with Crippen molar-refractivity contribution in [2.75, 3.05) is 0 Å². The number of halogens is 1. The van der Waals surface area contributed by atoms with Gasteiger partial charge in [-0.15, -0.1) is 11.3 Å². The number of aromatic nitrogens is 3. The van der Waals surface area contributed by atoms with Crippen LogP contribution in [0.5, 0.6) is 0 Å². The first-order valence-electron chi connectivity index (χ1n) is 4.38. The summed E-state index contributed by atoms with van der Waals surface area (Å²) in [6.07, 6.45) is 2.63. The van der Waals surface area contributed by atoms with E-state index in [1.807, 2.05) is 18.4 Å². The summed E-state index contributed by atoms with van der Waals surface area (Å²) in [7, 11) is 0. The highest BCUT2D eigenvalue weighted by molar-refractivity contribution is 9.10. The Kier molecular flexibility index (Phi) is 3.71. The molecule has 0 amide bonds. The van der Waals surface area contributed by atoms with Gasteiger partial charge in [0.15, 0.2) is 4.34 Å². The number of rotatable bonds is 3. The van der Waals surface area contributed by atoms with Gasteiger partial charge in [0.2, 0.25) is 0 Å². The minimum atomic E-state index is 0.827. The third-order valence-electron chi connectivity index (χ3n) is 1.64. The van der Waals surface area contributed by atoms with Gasteiger partial charge in [-0.25, -0.2) is 15.0 Å². The van der Waals surface area contributed by atoms with E-state index in [4.69, 9.17) is 0 Å².